The van der Waals surface area contributed by atoms with Gasteiger partial charge in [0, 0.05) is 42.5 Å². The number of aromatic nitrogens is 1. The molecule has 0 unspecified atom stereocenters. The first-order chi connectivity index (χ1) is 24.3. The van der Waals surface area contributed by atoms with E-state index in [2.05, 4.69) is 20.5 Å². The van der Waals surface area contributed by atoms with Crippen LogP contribution < -0.4 is 20.4 Å². The van der Waals surface area contributed by atoms with Crippen molar-refractivity contribution in [1.29, 1.82) is 0 Å². The van der Waals surface area contributed by atoms with Gasteiger partial charge in [-0.3, -0.25) is 14.4 Å². The average Bonchev–Trinajstić information content (AvgIpc) is 3.74. The van der Waals surface area contributed by atoms with Gasteiger partial charge in [-0.05, 0) is 90.9 Å². The highest BCUT2D eigenvalue weighted by Gasteiger charge is 2.41. The monoisotopic (exact) mass is 711 g/mol. The molecule has 13 heteroatoms. The number of amides is 3. The van der Waals surface area contributed by atoms with Gasteiger partial charge in [0.25, 0.3) is 17.7 Å². The molecule has 2 N–H and O–H groups in total. The zero-order chi connectivity index (χ0) is 34.4. The number of benzene rings is 2. The van der Waals surface area contributed by atoms with Crippen molar-refractivity contribution in [2.45, 2.75) is 19.3 Å². The Bertz CT molecular complexity index is 2100. The van der Waals surface area contributed by atoms with Crippen LogP contribution in [0.4, 0.5) is 31.7 Å². The molecule has 8 rings (SSSR count). The van der Waals surface area contributed by atoms with Gasteiger partial charge >= 0.3 is 0 Å². The molecule has 3 aromatic heterocycles. The number of ether oxygens (including phenoxy) is 1. The van der Waals surface area contributed by atoms with Crippen molar-refractivity contribution in [1.82, 2.24) is 4.98 Å². The van der Waals surface area contributed by atoms with E-state index in [-0.39, 0.29) is 17.2 Å². The van der Waals surface area contributed by atoms with Crippen molar-refractivity contribution >= 4 is 63.3 Å². The highest BCUT2D eigenvalue weighted by atomic mass is 32.1. The van der Waals surface area contributed by atoms with Crippen LogP contribution in [0.3, 0.4) is 0 Å². The second-order valence-electron chi connectivity index (χ2n) is 12.7. The number of pyridine rings is 1. The molecule has 0 bridgehead atoms. The minimum atomic E-state index is -0.852. The molecule has 2 saturated heterocycles. The van der Waals surface area contributed by atoms with Gasteiger partial charge in [-0.25, -0.2) is 13.8 Å². The fraction of sp³-hybridized carbons (Fsp3) is 0.243. The van der Waals surface area contributed by atoms with E-state index in [4.69, 9.17) is 4.74 Å². The van der Waals surface area contributed by atoms with Gasteiger partial charge in [-0.1, -0.05) is 6.07 Å². The Morgan fingerprint density at radius 3 is 2.34 bits per heavy atom. The summed E-state index contributed by atoms with van der Waals surface area (Å²) in [4.78, 5) is 50.7. The number of fused-ring (bicyclic) bond motifs is 3. The maximum atomic E-state index is 14.2. The lowest BCUT2D eigenvalue weighted by atomic mass is 9.77. The van der Waals surface area contributed by atoms with Crippen LogP contribution in [0.5, 0.6) is 0 Å². The molecular weight excluding hydrogens is 681 g/mol. The lowest BCUT2D eigenvalue weighted by Gasteiger charge is -2.47. The van der Waals surface area contributed by atoms with E-state index < -0.39 is 23.2 Å². The predicted molar refractivity (Wildman–Crippen MR) is 191 cm³/mol. The van der Waals surface area contributed by atoms with Crippen molar-refractivity contribution in [3.63, 3.8) is 0 Å². The molecular formula is C37H31F2N5O4S2. The molecule has 2 fully saturated rings. The first-order valence-corrected chi connectivity index (χ1v) is 18.0. The van der Waals surface area contributed by atoms with Crippen LogP contribution in [0.2, 0.25) is 0 Å². The van der Waals surface area contributed by atoms with Crippen molar-refractivity contribution in [2.24, 2.45) is 5.41 Å². The number of nitrogens with one attached hydrogen (secondary N) is 2. The lowest BCUT2D eigenvalue weighted by molar-refractivity contribution is -0.124. The summed E-state index contributed by atoms with van der Waals surface area (Å²) in [6.45, 7) is 3.62. The third-order valence-electron chi connectivity index (χ3n) is 9.59. The first kappa shape index (κ1) is 32.2. The number of piperidine rings is 1. The number of halogens is 2. The topological polar surface area (TPSA) is 104 Å². The van der Waals surface area contributed by atoms with Crippen LogP contribution in [0.25, 0.3) is 9.75 Å². The summed E-state index contributed by atoms with van der Waals surface area (Å²) in [6, 6.07) is 17.4. The van der Waals surface area contributed by atoms with Gasteiger partial charge in [0.15, 0.2) is 0 Å². The van der Waals surface area contributed by atoms with E-state index in [9.17, 15) is 23.2 Å². The van der Waals surface area contributed by atoms with E-state index in [0.717, 1.165) is 72.3 Å². The van der Waals surface area contributed by atoms with Gasteiger partial charge in [0.2, 0.25) is 0 Å². The highest BCUT2D eigenvalue weighted by molar-refractivity contribution is 7.23. The van der Waals surface area contributed by atoms with E-state index >= 15 is 0 Å². The number of carbonyl (C=O) groups excluding carboxylic acids is 3. The van der Waals surface area contributed by atoms with Crippen LogP contribution in [-0.2, 0) is 11.2 Å². The summed E-state index contributed by atoms with van der Waals surface area (Å²) in [5, 5.41) is 7.22. The Morgan fingerprint density at radius 1 is 0.860 bits per heavy atom. The number of anilines is 4. The molecule has 9 nitrogen and oxygen atoms in total. The van der Waals surface area contributed by atoms with Gasteiger partial charge in [-0.2, -0.15) is 0 Å². The summed E-state index contributed by atoms with van der Waals surface area (Å²) in [5.41, 5.74) is 2.90. The molecule has 6 heterocycles. The quantitative estimate of drug-likeness (QED) is 0.190. The maximum Gasteiger partial charge on any atom is 0.265 e. The molecule has 0 radical (unpaired) electrons. The van der Waals surface area contributed by atoms with Gasteiger partial charge in [-0.15, -0.1) is 22.7 Å². The third kappa shape index (κ3) is 5.95. The minimum absolute atomic E-state index is 0.194. The first-order valence-electron chi connectivity index (χ1n) is 16.3. The van der Waals surface area contributed by atoms with E-state index in [1.165, 1.54) is 28.7 Å². The van der Waals surface area contributed by atoms with E-state index in [1.807, 2.05) is 11.4 Å². The maximum absolute atomic E-state index is 14.2. The fourth-order valence-electron chi connectivity index (χ4n) is 6.71. The summed E-state index contributed by atoms with van der Waals surface area (Å²) in [5.74, 6) is -2.10. The number of hydrogen-bond donors (Lipinski definition) is 2. The van der Waals surface area contributed by atoms with Crippen LogP contribution >= 0.6 is 22.7 Å². The van der Waals surface area contributed by atoms with Crippen LogP contribution in [-0.4, -0.2) is 55.6 Å². The smallest absolute Gasteiger partial charge is 0.265 e. The van der Waals surface area contributed by atoms with Gasteiger partial charge in [0.05, 0.1) is 39.1 Å². The Hall–Kier alpha value is -4.98. The van der Waals surface area contributed by atoms with Crippen LogP contribution in [0.1, 0.15) is 48.8 Å². The number of thiophene rings is 2. The number of carbonyl (C=O) groups is 3. The second-order valence-corrected chi connectivity index (χ2v) is 14.7. The Labute approximate surface area is 294 Å². The second kappa shape index (κ2) is 13.0. The molecule has 0 saturated carbocycles. The normalized spacial score (nSPS) is 16.2. The summed E-state index contributed by atoms with van der Waals surface area (Å²) in [6.07, 6.45) is 4.20. The largest absolute Gasteiger partial charge is 0.380 e. The molecule has 3 amide bonds. The molecule has 3 aliphatic heterocycles. The third-order valence-corrected chi connectivity index (χ3v) is 11.8. The number of nitrogens with zero attached hydrogens (tertiary/aromatic N) is 3. The lowest BCUT2D eigenvalue weighted by Crippen LogP contribution is -2.51. The van der Waals surface area contributed by atoms with Crippen molar-refractivity contribution in [3.05, 3.63) is 112 Å². The van der Waals surface area contributed by atoms with E-state index in [1.54, 1.807) is 53.6 Å². The number of para-hydroxylation sites is 1. The number of rotatable bonds is 6. The summed E-state index contributed by atoms with van der Waals surface area (Å²) in [7, 11) is 0. The SMILES string of the molecule is O=C(Nc1c(F)cccc1F)c1cc2c(s1)-c1sccc1N(C(=O)c1ccc(NC(=O)c3cccnc3N3CCC4(CC3)COC4)cc1)CC2. The number of hydrogen-bond acceptors (Lipinski definition) is 8. The van der Waals surface area contributed by atoms with Crippen LogP contribution in [0.15, 0.2) is 78.3 Å². The molecule has 1 spiro atoms. The Kier molecular flexibility index (Phi) is 8.41. The Balaban J connectivity index is 0.954. The fourth-order valence-corrected chi connectivity index (χ4v) is 8.90. The highest BCUT2D eigenvalue weighted by Crippen LogP contribution is 2.45. The molecule has 254 valence electrons. The molecule has 50 heavy (non-hydrogen) atoms. The molecule has 2 aromatic carbocycles. The van der Waals surface area contributed by atoms with Crippen molar-refractivity contribution in [2.75, 3.05) is 53.3 Å². The summed E-state index contributed by atoms with van der Waals surface area (Å²) >= 11 is 2.68. The van der Waals surface area contributed by atoms with Crippen molar-refractivity contribution in [3.8, 4) is 9.75 Å². The zero-order valence-electron chi connectivity index (χ0n) is 26.7. The molecule has 0 aliphatic carbocycles. The molecule has 0 atom stereocenters. The van der Waals surface area contributed by atoms with Crippen LogP contribution in [0, 0.1) is 17.0 Å². The zero-order valence-corrected chi connectivity index (χ0v) is 28.3. The molecule has 3 aliphatic rings. The standard InChI is InChI=1S/C37H31F2N5O4S2/c38-26-4-1-5-27(39)30(26)42-35(46)29-19-23-10-15-44(28-11-18-49-32(28)31(23)50-29)36(47)22-6-8-24(9-7-22)41-34(45)25-3-2-14-40-33(25)43-16-12-37(13-17-43)20-48-21-37/h1-9,11,14,18-19H,10,12-13,15-17,20-21H2,(H,41,45)(H,42,46). The van der Waals surface area contributed by atoms with Crippen molar-refractivity contribution < 1.29 is 27.9 Å². The average molecular weight is 712 g/mol. The minimum Gasteiger partial charge on any atom is -0.380 e. The molecule has 5 aromatic rings. The van der Waals surface area contributed by atoms with Gasteiger partial charge in [0.1, 0.15) is 23.1 Å². The van der Waals surface area contributed by atoms with E-state index in [0.29, 0.717) is 40.5 Å². The van der Waals surface area contributed by atoms with Gasteiger partial charge < -0.3 is 25.2 Å². The predicted octanol–water partition coefficient (Wildman–Crippen LogP) is 7.47. The Morgan fingerprint density at radius 2 is 1.62 bits per heavy atom. The summed E-state index contributed by atoms with van der Waals surface area (Å²) < 4.78 is 33.8.